The molecule has 1 atom stereocenters. The molecule has 0 aromatic heterocycles. The van der Waals surface area contributed by atoms with Gasteiger partial charge in [-0.2, -0.15) is 0 Å². The number of hydrogen-bond acceptors (Lipinski definition) is 4. The summed E-state index contributed by atoms with van der Waals surface area (Å²) in [5, 5.41) is 9.93. The van der Waals surface area contributed by atoms with Crippen LogP contribution in [0.2, 0.25) is 0 Å². The molecule has 1 heterocycles. The van der Waals surface area contributed by atoms with Crippen LogP contribution in [0.3, 0.4) is 0 Å². The fraction of sp³-hybridized carbons (Fsp3) is 0.857. The van der Waals surface area contributed by atoms with Gasteiger partial charge in [-0.05, 0) is 20.4 Å². The van der Waals surface area contributed by atoms with Crippen LogP contribution < -0.4 is 0 Å². The lowest BCUT2D eigenvalue weighted by Crippen LogP contribution is -2.49. The fourth-order valence-corrected chi connectivity index (χ4v) is 1.99. The van der Waals surface area contributed by atoms with Crippen molar-refractivity contribution in [1.82, 2.24) is 9.80 Å². The maximum atomic E-state index is 9.93. The second-order valence-corrected chi connectivity index (χ2v) is 5.35. The van der Waals surface area contributed by atoms with Crippen molar-refractivity contribution in [3.8, 4) is 12.3 Å². The van der Waals surface area contributed by atoms with Gasteiger partial charge in [-0.3, -0.25) is 4.90 Å². The first-order valence-electron chi connectivity index (χ1n) is 6.71. The van der Waals surface area contributed by atoms with Crippen molar-refractivity contribution in [2.24, 2.45) is 0 Å². The van der Waals surface area contributed by atoms with E-state index in [2.05, 4.69) is 22.6 Å². The number of nitrogens with zero attached hydrogens (tertiary/aromatic N) is 2. The quantitative estimate of drug-likeness (QED) is 0.745. The number of halogens is 2. The largest absolute Gasteiger partial charge is 0.389 e. The Hall–Kier alpha value is -0.0200. The van der Waals surface area contributed by atoms with Gasteiger partial charge in [0.15, 0.2) is 0 Å². The summed E-state index contributed by atoms with van der Waals surface area (Å²) in [4.78, 5) is 4.70. The number of likely N-dealkylation sites (N-methyl/N-ethyl adjacent to an activating group) is 1. The summed E-state index contributed by atoms with van der Waals surface area (Å²) in [6, 6.07) is 0. The maximum absolute atomic E-state index is 9.93. The molecule has 1 fully saturated rings. The van der Waals surface area contributed by atoms with Crippen LogP contribution in [-0.2, 0) is 4.74 Å². The zero-order valence-electron chi connectivity index (χ0n) is 12.7. The minimum absolute atomic E-state index is 0. The number of terminal acetylenes is 1. The van der Waals surface area contributed by atoms with Gasteiger partial charge in [0.25, 0.3) is 0 Å². The molecule has 0 aromatic carbocycles. The highest BCUT2D eigenvalue weighted by Gasteiger charge is 2.20. The zero-order chi connectivity index (χ0) is 13.6. The Labute approximate surface area is 135 Å². The second-order valence-electron chi connectivity index (χ2n) is 5.35. The summed E-state index contributed by atoms with van der Waals surface area (Å²) in [7, 11) is 0. The van der Waals surface area contributed by atoms with E-state index in [-0.39, 0.29) is 24.8 Å². The van der Waals surface area contributed by atoms with Gasteiger partial charge in [0.1, 0.15) is 5.60 Å². The summed E-state index contributed by atoms with van der Waals surface area (Å²) in [6.45, 7) is 12.1. The van der Waals surface area contributed by atoms with Crippen LogP contribution in [0.15, 0.2) is 0 Å². The van der Waals surface area contributed by atoms with E-state index in [1.807, 2.05) is 13.8 Å². The van der Waals surface area contributed by atoms with Crippen LogP contribution in [0.25, 0.3) is 0 Å². The van der Waals surface area contributed by atoms with Crippen molar-refractivity contribution < 1.29 is 9.84 Å². The van der Waals surface area contributed by atoms with Gasteiger partial charge in [-0.1, -0.05) is 12.8 Å². The molecule has 0 amide bonds. The summed E-state index contributed by atoms with van der Waals surface area (Å²) >= 11 is 0. The van der Waals surface area contributed by atoms with Crippen molar-refractivity contribution in [2.75, 3.05) is 45.9 Å². The van der Waals surface area contributed by atoms with Crippen LogP contribution in [0, 0.1) is 12.3 Å². The third kappa shape index (κ3) is 8.31. The Kier molecular flexibility index (Phi) is 11.9. The summed E-state index contributed by atoms with van der Waals surface area (Å²) in [5.41, 5.74) is -0.595. The molecule has 1 saturated heterocycles. The number of rotatable bonds is 6. The lowest BCUT2D eigenvalue weighted by molar-refractivity contribution is -0.0407. The molecule has 1 aliphatic rings. The third-order valence-electron chi connectivity index (χ3n) is 3.37. The van der Waals surface area contributed by atoms with Gasteiger partial charge in [0.05, 0.1) is 12.7 Å². The first-order valence-corrected chi connectivity index (χ1v) is 6.71. The minimum atomic E-state index is -0.595. The Morgan fingerprint density at radius 2 is 1.70 bits per heavy atom. The van der Waals surface area contributed by atoms with Crippen LogP contribution in [0.5, 0.6) is 0 Å². The monoisotopic (exact) mass is 326 g/mol. The summed E-state index contributed by atoms with van der Waals surface area (Å²) in [6.07, 6.45) is 4.87. The molecule has 0 saturated carbocycles. The molecular formula is C14H28Cl2N2O2. The molecule has 20 heavy (non-hydrogen) atoms. The summed E-state index contributed by atoms with van der Waals surface area (Å²) in [5.74, 6) is 2.56. The van der Waals surface area contributed by atoms with Crippen LogP contribution >= 0.6 is 24.8 Å². The molecule has 0 aliphatic carbocycles. The highest BCUT2D eigenvalue weighted by molar-refractivity contribution is 5.85. The van der Waals surface area contributed by atoms with E-state index < -0.39 is 11.7 Å². The zero-order valence-corrected chi connectivity index (χ0v) is 14.3. The smallest absolute Gasteiger partial charge is 0.122 e. The normalized spacial score (nSPS) is 18.6. The highest BCUT2D eigenvalue weighted by Crippen LogP contribution is 2.08. The molecule has 0 aromatic rings. The van der Waals surface area contributed by atoms with E-state index in [1.165, 1.54) is 0 Å². The van der Waals surface area contributed by atoms with Crippen LogP contribution in [0.4, 0.5) is 0 Å². The first-order chi connectivity index (χ1) is 8.46. The Morgan fingerprint density at radius 3 is 2.15 bits per heavy atom. The van der Waals surface area contributed by atoms with Gasteiger partial charge in [0, 0.05) is 32.7 Å². The van der Waals surface area contributed by atoms with Crippen LogP contribution in [0.1, 0.15) is 20.8 Å². The molecule has 0 radical (unpaired) electrons. The van der Waals surface area contributed by atoms with Gasteiger partial charge in [-0.15, -0.1) is 31.2 Å². The topological polar surface area (TPSA) is 35.9 Å². The van der Waals surface area contributed by atoms with E-state index >= 15 is 0 Å². The van der Waals surface area contributed by atoms with E-state index in [0.29, 0.717) is 13.2 Å². The first kappa shape index (κ1) is 22.3. The molecule has 4 nitrogen and oxygen atoms in total. The van der Waals surface area contributed by atoms with Gasteiger partial charge in [0.2, 0.25) is 0 Å². The third-order valence-corrected chi connectivity index (χ3v) is 3.37. The minimum Gasteiger partial charge on any atom is -0.389 e. The molecule has 1 unspecified atom stereocenters. The van der Waals surface area contributed by atoms with E-state index in [4.69, 9.17) is 11.2 Å². The van der Waals surface area contributed by atoms with E-state index in [9.17, 15) is 5.11 Å². The summed E-state index contributed by atoms with van der Waals surface area (Å²) < 4.78 is 5.50. The predicted molar refractivity (Wildman–Crippen MR) is 87.9 cm³/mol. The van der Waals surface area contributed by atoms with Crippen molar-refractivity contribution in [1.29, 1.82) is 0 Å². The average Bonchev–Trinajstić information content (AvgIpc) is 2.37. The van der Waals surface area contributed by atoms with Gasteiger partial charge < -0.3 is 14.7 Å². The lowest BCUT2D eigenvalue weighted by Gasteiger charge is -2.35. The molecule has 0 spiro atoms. The van der Waals surface area contributed by atoms with Crippen molar-refractivity contribution >= 4 is 24.8 Å². The Morgan fingerprint density at radius 1 is 1.20 bits per heavy atom. The standard InChI is InChI=1S/C14H26N2O2.2ClH/c1-5-14(3,4)18-12-13(17)11-16-9-7-15(6-2)8-10-16;;/h1,13,17H,6-12H2,2-4H3;2*1H. The Bertz CT molecular complexity index is 287. The molecule has 6 heteroatoms. The van der Waals surface area contributed by atoms with Gasteiger partial charge >= 0.3 is 0 Å². The number of aliphatic hydroxyl groups is 1. The van der Waals surface area contributed by atoms with Gasteiger partial charge in [-0.25, -0.2) is 0 Å². The molecular weight excluding hydrogens is 299 g/mol. The highest BCUT2D eigenvalue weighted by atomic mass is 35.5. The fourth-order valence-electron chi connectivity index (χ4n) is 1.99. The maximum Gasteiger partial charge on any atom is 0.122 e. The van der Waals surface area contributed by atoms with Crippen molar-refractivity contribution in [2.45, 2.75) is 32.5 Å². The molecule has 1 aliphatic heterocycles. The number of piperazine rings is 1. The Balaban J connectivity index is 0. The number of β-amino-alcohol motifs (C(OH)–C–C–N with tert-alkyl or cyclic N) is 1. The van der Waals surface area contributed by atoms with Crippen molar-refractivity contribution in [3.63, 3.8) is 0 Å². The van der Waals surface area contributed by atoms with E-state index in [0.717, 1.165) is 32.7 Å². The predicted octanol–water partition coefficient (Wildman–Crippen LogP) is 1.26. The SMILES string of the molecule is C#CC(C)(C)OCC(O)CN1CCN(CC)CC1.Cl.Cl. The lowest BCUT2D eigenvalue weighted by atomic mass is 10.1. The number of hydrogen-bond donors (Lipinski definition) is 1. The number of ether oxygens (including phenoxy) is 1. The van der Waals surface area contributed by atoms with E-state index in [1.54, 1.807) is 0 Å². The number of aliphatic hydroxyl groups excluding tert-OH is 1. The average molecular weight is 327 g/mol. The molecule has 1 rings (SSSR count). The van der Waals surface area contributed by atoms with Crippen molar-refractivity contribution in [3.05, 3.63) is 0 Å². The molecule has 120 valence electrons. The second kappa shape index (κ2) is 10.7. The molecule has 1 N–H and O–H groups in total. The van der Waals surface area contributed by atoms with Crippen LogP contribution in [-0.4, -0.2) is 72.5 Å². The molecule has 0 bridgehead atoms.